The number of furan rings is 1. The normalized spacial score (nSPS) is 10.2. The summed E-state index contributed by atoms with van der Waals surface area (Å²) >= 11 is 1.63. The van der Waals surface area contributed by atoms with Crippen LogP contribution in [0.1, 0.15) is 18.6 Å². The lowest BCUT2D eigenvalue weighted by molar-refractivity contribution is -0.131. The monoisotopic (exact) mass is 344 g/mol. The van der Waals surface area contributed by atoms with Gasteiger partial charge in [-0.05, 0) is 36.4 Å². The molecule has 0 aliphatic carbocycles. The number of carbonyl (C=O) groups excluding carboxylic acids is 1. The van der Waals surface area contributed by atoms with Crippen LogP contribution in [0.15, 0.2) is 52.0 Å². The number of hydrogen-bond acceptors (Lipinski definition) is 5. The van der Waals surface area contributed by atoms with E-state index in [1.165, 1.54) is 0 Å². The summed E-state index contributed by atoms with van der Waals surface area (Å²) in [4.78, 5) is 15.2. The van der Waals surface area contributed by atoms with Crippen molar-refractivity contribution >= 4 is 17.7 Å². The van der Waals surface area contributed by atoms with E-state index in [1.807, 2.05) is 30.3 Å². The van der Waals surface area contributed by atoms with E-state index >= 15 is 0 Å². The second-order valence-corrected chi connectivity index (χ2v) is 6.25. The fourth-order valence-electron chi connectivity index (χ4n) is 2.15. The SMILES string of the molecule is COc1ccc(SCCC(=O)N(CCC#N)Cc2ccco2)cc1. The molecule has 6 heteroatoms. The highest BCUT2D eigenvalue weighted by Crippen LogP contribution is 2.22. The highest BCUT2D eigenvalue weighted by atomic mass is 32.2. The molecule has 0 atom stereocenters. The summed E-state index contributed by atoms with van der Waals surface area (Å²) in [7, 11) is 1.63. The van der Waals surface area contributed by atoms with Crippen molar-refractivity contribution in [2.24, 2.45) is 0 Å². The topological polar surface area (TPSA) is 66.5 Å². The molecule has 0 unspecified atom stereocenters. The molecule has 2 aromatic rings. The predicted molar refractivity (Wildman–Crippen MR) is 92.7 cm³/mol. The minimum absolute atomic E-state index is 0.0302. The lowest BCUT2D eigenvalue weighted by Crippen LogP contribution is -2.31. The Morgan fingerprint density at radius 3 is 2.75 bits per heavy atom. The minimum atomic E-state index is 0.0302. The molecule has 5 nitrogen and oxygen atoms in total. The van der Waals surface area contributed by atoms with Gasteiger partial charge < -0.3 is 14.1 Å². The molecular formula is C18H20N2O3S. The third-order valence-corrected chi connectivity index (χ3v) is 4.43. The Balaban J connectivity index is 1.83. The first-order valence-electron chi connectivity index (χ1n) is 7.67. The van der Waals surface area contributed by atoms with Gasteiger partial charge in [-0.3, -0.25) is 4.79 Å². The molecular weight excluding hydrogens is 324 g/mol. The standard InChI is InChI=1S/C18H20N2O3S/c1-22-15-5-7-17(8-6-15)24-13-9-18(21)20(11-3-10-19)14-16-4-2-12-23-16/h2,4-8,12H,3,9,11,13-14H2,1H3. The Hall–Kier alpha value is -2.39. The van der Waals surface area contributed by atoms with Crippen molar-refractivity contribution in [1.29, 1.82) is 5.26 Å². The smallest absolute Gasteiger partial charge is 0.223 e. The maximum Gasteiger partial charge on any atom is 0.223 e. The van der Waals surface area contributed by atoms with Crippen LogP contribution in [-0.4, -0.2) is 30.2 Å². The number of methoxy groups -OCH3 is 1. The maximum absolute atomic E-state index is 12.4. The number of rotatable bonds is 9. The lowest BCUT2D eigenvalue weighted by Gasteiger charge is -2.20. The molecule has 0 saturated heterocycles. The summed E-state index contributed by atoms with van der Waals surface area (Å²) in [5.74, 6) is 2.26. The molecule has 0 aliphatic heterocycles. The Bertz CT molecular complexity index is 663. The zero-order valence-electron chi connectivity index (χ0n) is 13.6. The zero-order valence-corrected chi connectivity index (χ0v) is 14.4. The summed E-state index contributed by atoms with van der Waals surface area (Å²) < 4.78 is 10.4. The van der Waals surface area contributed by atoms with Crippen LogP contribution in [0, 0.1) is 11.3 Å². The van der Waals surface area contributed by atoms with E-state index in [0.717, 1.165) is 16.4 Å². The summed E-state index contributed by atoms with van der Waals surface area (Å²) in [5.41, 5.74) is 0. The van der Waals surface area contributed by atoms with Crippen LogP contribution in [0.3, 0.4) is 0 Å². The first-order valence-corrected chi connectivity index (χ1v) is 8.65. The quantitative estimate of drug-likeness (QED) is 0.649. The number of benzene rings is 1. The largest absolute Gasteiger partial charge is 0.497 e. The van der Waals surface area contributed by atoms with Gasteiger partial charge in [0.05, 0.1) is 32.4 Å². The minimum Gasteiger partial charge on any atom is -0.497 e. The molecule has 0 bridgehead atoms. The molecule has 0 spiro atoms. The van der Waals surface area contributed by atoms with Crippen LogP contribution >= 0.6 is 11.8 Å². The van der Waals surface area contributed by atoms with E-state index in [2.05, 4.69) is 6.07 Å². The number of nitrogens with zero attached hydrogens (tertiary/aromatic N) is 2. The fraction of sp³-hybridized carbons (Fsp3) is 0.333. The Morgan fingerprint density at radius 1 is 1.33 bits per heavy atom. The molecule has 0 N–H and O–H groups in total. The molecule has 0 radical (unpaired) electrons. The molecule has 0 fully saturated rings. The summed E-state index contributed by atoms with van der Waals surface area (Å²) in [6.07, 6.45) is 2.32. The second-order valence-electron chi connectivity index (χ2n) is 5.08. The molecule has 1 heterocycles. The van der Waals surface area contributed by atoms with Gasteiger partial charge in [-0.2, -0.15) is 5.26 Å². The summed E-state index contributed by atoms with van der Waals surface area (Å²) in [6, 6.07) is 13.5. The van der Waals surface area contributed by atoms with Crippen LogP contribution in [0.25, 0.3) is 0 Å². The van der Waals surface area contributed by atoms with Gasteiger partial charge >= 0.3 is 0 Å². The third kappa shape index (κ3) is 5.67. The van der Waals surface area contributed by atoms with Crippen molar-refractivity contribution in [1.82, 2.24) is 4.90 Å². The van der Waals surface area contributed by atoms with Crippen molar-refractivity contribution in [3.05, 3.63) is 48.4 Å². The number of ether oxygens (including phenoxy) is 1. The molecule has 1 aromatic heterocycles. The van der Waals surface area contributed by atoms with Crippen molar-refractivity contribution in [3.63, 3.8) is 0 Å². The molecule has 1 amide bonds. The van der Waals surface area contributed by atoms with Gasteiger partial charge in [0.25, 0.3) is 0 Å². The van der Waals surface area contributed by atoms with E-state index in [9.17, 15) is 4.79 Å². The van der Waals surface area contributed by atoms with Gasteiger partial charge in [0.2, 0.25) is 5.91 Å². The van der Waals surface area contributed by atoms with Crippen molar-refractivity contribution in [3.8, 4) is 11.8 Å². The van der Waals surface area contributed by atoms with E-state index in [1.54, 1.807) is 36.1 Å². The molecule has 2 rings (SSSR count). The van der Waals surface area contributed by atoms with Crippen LogP contribution in [0.4, 0.5) is 0 Å². The molecule has 126 valence electrons. The number of thioether (sulfide) groups is 1. The first kappa shape index (κ1) is 18.0. The average Bonchev–Trinajstić information content (AvgIpc) is 3.12. The van der Waals surface area contributed by atoms with Crippen LogP contribution in [0.5, 0.6) is 5.75 Å². The molecule has 24 heavy (non-hydrogen) atoms. The first-order chi connectivity index (χ1) is 11.7. The number of carbonyl (C=O) groups is 1. The Morgan fingerprint density at radius 2 is 2.12 bits per heavy atom. The third-order valence-electron chi connectivity index (χ3n) is 3.42. The molecule has 0 saturated carbocycles. The fourth-order valence-corrected chi connectivity index (χ4v) is 2.99. The van der Waals surface area contributed by atoms with Gasteiger partial charge in [-0.25, -0.2) is 0 Å². The maximum atomic E-state index is 12.4. The number of amides is 1. The molecule has 1 aromatic carbocycles. The van der Waals surface area contributed by atoms with E-state index in [-0.39, 0.29) is 5.91 Å². The Kier molecular flexibility index (Phi) is 7.24. The second kappa shape index (κ2) is 9.68. The van der Waals surface area contributed by atoms with Crippen LogP contribution in [-0.2, 0) is 11.3 Å². The van der Waals surface area contributed by atoms with Crippen LogP contribution < -0.4 is 4.74 Å². The summed E-state index contributed by atoms with van der Waals surface area (Å²) in [6.45, 7) is 0.823. The summed E-state index contributed by atoms with van der Waals surface area (Å²) in [5, 5.41) is 8.76. The lowest BCUT2D eigenvalue weighted by atomic mass is 10.3. The van der Waals surface area contributed by atoms with Crippen molar-refractivity contribution in [2.75, 3.05) is 19.4 Å². The van der Waals surface area contributed by atoms with Crippen molar-refractivity contribution < 1.29 is 13.9 Å². The van der Waals surface area contributed by atoms with Crippen molar-refractivity contribution in [2.45, 2.75) is 24.3 Å². The van der Waals surface area contributed by atoms with E-state index < -0.39 is 0 Å². The van der Waals surface area contributed by atoms with Gasteiger partial charge in [0.15, 0.2) is 0 Å². The highest BCUT2D eigenvalue weighted by Gasteiger charge is 2.15. The van der Waals surface area contributed by atoms with Gasteiger partial charge in [0, 0.05) is 23.6 Å². The van der Waals surface area contributed by atoms with Gasteiger partial charge in [0.1, 0.15) is 11.5 Å². The highest BCUT2D eigenvalue weighted by molar-refractivity contribution is 7.99. The average molecular weight is 344 g/mol. The zero-order chi connectivity index (χ0) is 17.2. The number of nitriles is 1. The van der Waals surface area contributed by atoms with E-state index in [0.29, 0.717) is 31.7 Å². The Labute approximate surface area is 146 Å². The predicted octanol–water partition coefficient (Wildman–Crippen LogP) is 3.71. The van der Waals surface area contributed by atoms with Gasteiger partial charge in [-0.1, -0.05) is 0 Å². The van der Waals surface area contributed by atoms with Crippen LogP contribution in [0.2, 0.25) is 0 Å². The van der Waals surface area contributed by atoms with E-state index in [4.69, 9.17) is 14.4 Å². The van der Waals surface area contributed by atoms with Gasteiger partial charge in [-0.15, -0.1) is 11.8 Å². The molecule has 0 aliphatic rings. The number of hydrogen-bond donors (Lipinski definition) is 0.